The number of alkyl halides is 3. The van der Waals surface area contributed by atoms with Crippen molar-refractivity contribution in [3.63, 3.8) is 0 Å². The largest absolute Gasteiger partial charge is 0.505 e. The van der Waals surface area contributed by atoms with Crippen LogP contribution in [0.4, 0.5) is 23.2 Å². The fourth-order valence-electron chi connectivity index (χ4n) is 5.06. The number of fused-ring (bicyclic) bond motifs is 1. The zero-order valence-electron chi connectivity index (χ0n) is 21.2. The number of anilines is 1. The minimum atomic E-state index is -4.78. The third-order valence-corrected chi connectivity index (χ3v) is 8.27. The summed E-state index contributed by atoms with van der Waals surface area (Å²) in [5.41, 5.74) is 0.943. The molecule has 1 aliphatic heterocycles. The van der Waals surface area contributed by atoms with Crippen molar-refractivity contribution in [3.05, 3.63) is 83.3 Å². The van der Waals surface area contributed by atoms with E-state index in [0.29, 0.717) is 54.8 Å². The minimum absolute atomic E-state index is 0.179. The summed E-state index contributed by atoms with van der Waals surface area (Å²) in [7, 11) is -3.39. The molecule has 1 fully saturated rings. The first-order valence-corrected chi connectivity index (χ1v) is 14.0. The van der Waals surface area contributed by atoms with Crippen LogP contribution in [-0.2, 0) is 22.6 Å². The van der Waals surface area contributed by atoms with Crippen LogP contribution in [0.1, 0.15) is 16.8 Å². The molecule has 206 valence electrons. The summed E-state index contributed by atoms with van der Waals surface area (Å²) < 4.78 is 82.0. The Morgan fingerprint density at radius 3 is 2.44 bits per heavy atom. The molecule has 1 aromatic heterocycles. The maximum atomic E-state index is 14.8. The van der Waals surface area contributed by atoms with E-state index in [1.54, 1.807) is 19.1 Å². The molecule has 7 nitrogen and oxygen atoms in total. The van der Waals surface area contributed by atoms with E-state index in [0.717, 1.165) is 15.9 Å². The summed E-state index contributed by atoms with van der Waals surface area (Å²) >= 11 is 0. The van der Waals surface area contributed by atoms with E-state index in [9.17, 15) is 31.1 Å². The molecule has 4 aromatic rings. The molecule has 0 spiro atoms. The Balaban J connectivity index is 1.56. The number of rotatable bonds is 5. The summed E-state index contributed by atoms with van der Waals surface area (Å²) in [5, 5.41) is 14.7. The number of aryl methyl sites for hydroxylation is 1. The van der Waals surface area contributed by atoms with E-state index in [1.165, 1.54) is 10.6 Å². The summed E-state index contributed by atoms with van der Waals surface area (Å²) in [5.74, 6) is -2.33. The highest BCUT2D eigenvalue weighted by Crippen LogP contribution is 2.37. The van der Waals surface area contributed by atoms with E-state index >= 15 is 0 Å². The van der Waals surface area contributed by atoms with Gasteiger partial charge in [-0.3, -0.25) is 0 Å². The Morgan fingerprint density at radius 2 is 1.77 bits per heavy atom. The molecule has 12 heteroatoms. The number of halogens is 4. The molecular formula is C27H26F4N4O3S. The second-order valence-electron chi connectivity index (χ2n) is 9.68. The summed E-state index contributed by atoms with van der Waals surface area (Å²) in [6, 6.07) is 15.7. The number of phenolic OH excluding ortho intramolecular Hbond substituents is 1. The van der Waals surface area contributed by atoms with Crippen LogP contribution in [0.3, 0.4) is 0 Å². The van der Waals surface area contributed by atoms with Crippen molar-refractivity contribution in [2.24, 2.45) is 0 Å². The van der Waals surface area contributed by atoms with Gasteiger partial charge < -0.3 is 10.0 Å². The van der Waals surface area contributed by atoms with Gasteiger partial charge in [0.1, 0.15) is 5.69 Å². The number of hydrogen-bond acceptors (Lipinski definition) is 5. The standard InChI is InChI=1S/C27H26F4N4O3S/c1-17-22-15-20(34-11-10-33(39(2,37)38)16-21(34)12-18-6-4-3-5-7-18)8-9-23(22)35(32-17)24-13-19(27(29,30)31)14-25(36)26(24)28/h3-9,13-15,21,36H,10-12,16H2,1-2H3/t21-/m1/s1. The van der Waals surface area contributed by atoms with E-state index in [2.05, 4.69) is 10.00 Å². The van der Waals surface area contributed by atoms with Gasteiger partial charge in [0.2, 0.25) is 10.0 Å². The smallest absolute Gasteiger partial charge is 0.416 e. The number of phenols is 1. The lowest BCUT2D eigenvalue weighted by Crippen LogP contribution is -2.55. The maximum absolute atomic E-state index is 14.8. The zero-order valence-corrected chi connectivity index (χ0v) is 22.0. The average molecular weight is 563 g/mol. The third kappa shape index (κ3) is 5.30. The number of aromatic hydroxyl groups is 1. The van der Waals surface area contributed by atoms with Gasteiger partial charge in [-0.25, -0.2) is 17.5 Å². The number of piperazine rings is 1. The lowest BCUT2D eigenvalue weighted by atomic mass is 10.0. The fourth-order valence-corrected chi connectivity index (χ4v) is 5.92. The SMILES string of the molecule is Cc1nn(-c2cc(C(F)(F)F)cc(O)c2F)c2ccc(N3CCN(S(C)(=O)=O)C[C@H]3Cc3ccccc3)cc12. The third-order valence-electron chi connectivity index (χ3n) is 7.00. The Bertz CT molecular complexity index is 1640. The van der Waals surface area contributed by atoms with E-state index in [4.69, 9.17) is 0 Å². The highest BCUT2D eigenvalue weighted by molar-refractivity contribution is 7.88. The monoisotopic (exact) mass is 562 g/mol. The molecule has 3 aromatic carbocycles. The number of nitrogens with zero attached hydrogens (tertiary/aromatic N) is 4. The van der Waals surface area contributed by atoms with Gasteiger partial charge in [0.05, 0.1) is 23.0 Å². The molecule has 0 saturated carbocycles. The highest BCUT2D eigenvalue weighted by Gasteiger charge is 2.34. The van der Waals surface area contributed by atoms with E-state index in [-0.39, 0.29) is 6.04 Å². The van der Waals surface area contributed by atoms with Gasteiger partial charge in [0, 0.05) is 36.7 Å². The average Bonchev–Trinajstić information content (AvgIpc) is 3.20. The van der Waals surface area contributed by atoms with Crippen LogP contribution < -0.4 is 4.90 Å². The molecule has 1 aliphatic rings. The van der Waals surface area contributed by atoms with Crippen LogP contribution in [-0.4, -0.2) is 59.5 Å². The molecule has 0 aliphatic carbocycles. The summed E-state index contributed by atoms with van der Waals surface area (Å²) in [6.45, 7) is 2.68. The predicted molar refractivity (Wildman–Crippen MR) is 140 cm³/mol. The number of sulfonamides is 1. The lowest BCUT2D eigenvalue weighted by molar-refractivity contribution is -0.137. The molecule has 0 amide bonds. The second-order valence-corrected chi connectivity index (χ2v) is 11.7. The summed E-state index contributed by atoms with van der Waals surface area (Å²) in [6.07, 6.45) is -3.00. The molecule has 1 N–H and O–H groups in total. The quantitative estimate of drug-likeness (QED) is 0.351. The van der Waals surface area contributed by atoms with Crippen molar-refractivity contribution in [1.29, 1.82) is 0 Å². The lowest BCUT2D eigenvalue weighted by Gasteiger charge is -2.42. The first-order chi connectivity index (χ1) is 18.3. The Labute approximate surface area is 222 Å². The van der Waals surface area contributed by atoms with Crippen molar-refractivity contribution < 1.29 is 31.1 Å². The Morgan fingerprint density at radius 1 is 1.05 bits per heavy atom. The van der Waals surface area contributed by atoms with Gasteiger partial charge in [-0.2, -0.15) is 22.6 Å². The summed E-state index contributed by atoms with van der Waals surface area (Å²) in [4.78, 5) is 2.11. The van der Waals surface area contributed by atoms with E-state index < -0.39 is 39.0 Å². The van der Waals surface area contributed by atoms with Gasteiger partial charge in [-0.1, -0.05) is 30.3 Å². The topological polar surface area (TPSA) is 78.7 Å². The van der Waals surface area contributed by atoms with Crippen LogP contribution >= 0.6 is 0 Å². The number of hydrogen-bond donors (Lipinski definition) is 1. The van der Waals surface area contributed by atoms with Gasteiger partial charge >= 0.3 is 6.18 Å². The van der Waals surface area contributed by atoms with Gasteiger partial charge in [0.25, 0.3) is 0 Å². The maximum Gasteiger partial charge on any atom is 0.416 e. The second kappa shape index (κ2) is 9.83. The van der Waals surface area contributed by atoms with Crippen molar-refractivity contribution in [3.8, 4) is 11.4 Å². The molecule has 1 saturated heterocycles. The van der Waals surface area contributed by atoms with E-state index in [1.807, 2.05) is 36.4 Å². The predicted octanol–water partition coefficient (Wildman–Crippen LogP) is 4.89. The molecule has 0 bridgehead atoms. The van der Waals surface area contributed by atoms with Crippen molar-refractivity contribution >= 4 is 26.6 Å². The molecule has 0 radical (unpaired) electrons. The van der Waals surface area contributed by atoms with Crippen molar-refractivity contribution in [2.75, 3.05) is 30.8 Å². The normalized spacial score (nSPS) is 17.2. The van der Waals surface area contributed by atoms with Crippen LogP contribution in [0.15, 0.2) is 60.7 Å². The van der Waals surface area contributed by atoms with Crippen molar-refractivity contribution in [1.82, 2.24) is 14.1 Å². The number of benzene rings is 3. The fraction of sp³-hybridized carbons (Fsp3) is 0.296. The highest BCUT2D eigenvalue weighted by atomic mass is 32.2. The molecule has 5 rings (SSSR count). The zero-order chi connectivity index (χ0) is 28.1. The number of aromatic nitrogens is 2. The molecule has 0 unspecified atom stereocenters. The van der Waals surface area contributed by atoms with Crippen LogP contribution in [0.5, 0.6) is 5.75 Å². The van der Waals surface area contributed by atoms with Crippen molar-refractivity contribution in [2.45, 2.75) is 25.6 Å². The minimum Gasteiger partial charge on any atom is -0.505 e. The molecule has 2 heterocycles. The molecule has 39 heavy (non-hydrogen) atoms. The van der Waals surface area contributed by atoms with Crippen LogP contribution in [0.2, 0.25) is 0 Å². The first-order valence-electron chi connectivity index (χ1n) is 12.2. The van der Waals surface area contributed by atoms with Gasteiger partial charge in [-0.15, -0.1) is 0 Å². The van der Waals surface area contributed by atoms with Crippen LogP contribution in [0, 0.1) is 12.7 Å². The molecular weight excluding hydrogens is 536 g/mol. The Hall–Kier alpha value is -3.64. The molecule has 1 atom stereocenters. The van der Waals surface area contributed by atoms with Gasteiger partial charge in [0.15, 0.2) is 11.6 Å². The first kappa shape index (κ1) is 26.9. The Kier molecular flexibility index (Phi) is 6.79. The van der Waals surface area contributed by atoms with Gasteiger partial charge in [-0.05, 0) is 49.2 Å². The van der Waals surface area contributed by atoms with Crippen LogP contribution in [0.25, 0.3) is 16.6 Å².